The third kappa shape index (κ3) is 5.34. The fourth-order valence-corrected chi connectivity index (χ4v) is 3.78. The van der Waals surface area contributed by atoms with Crippen LogP contribution < -0.4 is 24.4 Å². The molecule has 1 saturated heterocycles. The van der Waals surface area contributed by atoms with Crippen molar-refractivity contribution in [1.29, 1.82) is 0 Å². The molecule has 1 aliphatic heterocycles. The van der Waals surface area contributed by atoms with E-state index in [0.29, 0.717) is 36.6 Å². The van der Waals surface area contributed by atoms with Gasteiger partial charge in [0.25, 0.3) is 0 Å². The molecule has 1 aromatic heterocycles. The van der Waals surface area contributed by atoms with Crippen LogP contribution in [0, 0.1) is 0 Å². The molecule has 0 saturated carbocycles. The first-order valence-corrected chi connectivity index (χ1v) is 10.4. The lowest BCUT2D eigenvalue weighted by Crippen LogP contribution is -2.32. The molecule has 1 aromatic carbocycles. The molecular formula is C23H31N3O4. The number of carbonyl (C=O) groups is 1. The van der Waals surface area contributed by atoms with Crippen LogP contribution in [0.3, 0.4) is 0 Å². The third-order valence-electron chi connectivity index (χ3n) is 5.36. The molecule has 0 radical (unpaired) electrons. The standard InChI is InChI=1S/C23H31N3O4/c1-28-19-14-17(15-20(29-2)22(19)30-3)9-10-21(27)25-16-18-8-7-11-24-23(18)26-12-5-4-6-13-26/h7-8,11,14-15H,4-6,9-10,12-13,16H2,1-3H3,(H,25,27). The second-order valence-electron chi connectivity index (χ2n) is 7.34. The van der Waals surface area contributed by atoms with Crippen LogP contribution in [0.2, 0.25) is 0 Å². The van der Waals surface area contributed by atoms with Crippen molar-refractivity contribution in [2.24, 2.45) is 0 Å². The van der Waals surface area contributed by atoms with Gasteiger partial charge in [-0.3, -0.25) is 4.79 Å². The van der Waals surface area contributed by atoms with Crippen molar-refractivity contribution < 1.29 is 19.0 Å². The average Bonchev–Trinajstić information content (AvgIpc) is 2.81. The molecule has 162 valence electrons. The number of benzene rings is 1. The van der Waals surface area contributed by atoms with Crippen molar-refractivity contribution in [3.8, 4) is 17.2 Å². The van der Waals surface area contributed by atoms with Gasteiger partial charge in [-0.2, -0.15) is 0 Å². The minimum absolute atomic E-state index is 0.00259. The molecule has 1 N–H and O–H groups in total. The molecule has 0 spiro atoms. The van der Waals surface area contributed by atoms with Gasteiger partial charge in [-0.05, 0) is 49.4 Å². The van der Waals surface area contributed by atoms with E-state index in [1.165, 1.54) is 19.3 Å². The maximum atomic E-state index is 12.5. The number of ether oxygens (including phenoxy) is 3. The zero-order chi connectivity index (χ0) is 21.3. The van der Waals surface area contributed by atoms with E-state index in [2.05, 4.69) is 15.2 Å². The normalized spacial score (nSPS) is 13.6. The fraction of sp³-hybridized carbons (Fsp3) is 0.478. The molecule has 30 heavy (non-hydrogen) atoms. The van der Waals surface area contributed by atoms with Crippen LogP contribution in [0.1, 0.15) is 36.8 Å². The highest BCUT2D eigenvalue weighted by Crippen LogP contribution is 2.38. The first-order valence-electron chi connectivity index (χ1n) is 10.4. The van der Waals surface area contributed by atoms with Gasteiger partial charge in [0.1, 0.15) is 5.82 Å². The highest BCUT2D eigenvalue weighted by molar-refractivity contribution is 5.76. The SMILES string of the molecule is COc1cc(CCC(=O)NCc2cccnc2N2CCCCC2)cc(OC)c1OC. The number of carbonyl (C=O) groups excluding carboxylic acids is 1. The summed E-state index contributed by atoms with van der Waals surface area (Å²) in [6.07, 6.45) is 6.43. The summed E-state index contributed by atoms with van der Waals surface area (Å²) < 4.78 is 16.1. The van der Waals surface area contributed by atoms with Crippen LogP contribution >= 0.6 is 0 Å². The molecule has 1 amide bonds. The lowest BCUT2D eigenvalue weighted by atomic mass is 10.1. The Balaban J connectivity index is 1.58. The predicted molar refractivity (Wildman–Crippen MR) is 117 cm³/mol. The Morgan fingerprint density at radius 2 is 1.77 bits per heavy atom. The van der Waals surface area contributed by atoms with Crippen molar-refractivity contribution in [1.82, 2.24) is 10.3 Å². The highest BCUT2D eigenvalue weighted by Gasteiger charge is 2.17. The summed E-state index contributed by atoms with van der Waals surface area (Å²) in [6.45, 7) is 2.53. The molecule has 0 unspecified atom stereocenters. The van der Waals surface area contributed by atoms with Crippen LogP contribution in [-0.2, 0) is 17.8 Å². The van der Waals surface area contributed by atoms with Crippen LogP contribution in [0.15, 0.2) is 30.5 Å². The van der Waals surface area contributed by atoms with Crippen molar-refractivity contribution in [3.63, 3.8) is 0 Å². The van der Waals surface area contributed by atoms with Gasteiger partial charge in [0.05, 0.1) is 21.3 Å². The lowest BCUT2D eigenvalue weighted by Gasteiger charge is -2.29. The molecule has 7 nitrogen and oxygen atoms in total. The number of amides is 1. The van der Waals surface area contributed by atoms with E-state index < -0.39 is 0 Å². The highest BCUT2D eigenvalue weighted by atomic mass is 16.5. The van der Waals surface area contributed by atoms with E-state index in [1.807, 2.05) is 30.5 Å². The van der Waals surface area contributed by atoms with Crippen LogP contribution in [-0.4, -0.2) is 45.3 Å². The topological polar surface area (TPSA) is 72.9 Å². The third-order valence-corrected chi connectivity index (χ3v) is 5.36. The Morgan fingerprint density at radius 1 is 1.07 bits per heavy atom. The van der Waals surface area contributed by atoms with E-state index in [9.17, 15) is 4.79 Å². The summed E-state index contributed by atoms with van der Waals surface area (Å²) in [4.78, 5) is 19.4. The summed E-state index contributed by atoms with van der Waals surface area (Å²) in [5.41, 5.74) is 2.01. The molecule has 2 heterocycles. The molecule has 0 atom stereocenters. The van der Waals surface area contributed by atoms with E-state index in [-0.39, 0.29) is 5.91 Å². The Hall–Kier alpha value is -2.96. The zero-order valence-corrected chi connectivity index (χ0v) is 18.1. The van der Waals surface area contributed by atoms with Crippen LogP contribution in [0.25, 0.3) is 0 Å². The Labute approximate surface area is 178 Å². The number of methoxy groups -OCH3 is 3. The molecule has 1 fully saturated rings. The van der Waals surface area contributed by atoms with E-state index in [4.69, 9.17) is 14.2 Å². The van der Waals surface area contributed by atoms with Gasteiger partial charge in [-0.15, -0.1) is 0 Å². The minimum Gasteiger partial charge on any atom is -0.493 e. The second kappa shape index (κ2) is 10.7. The molecule has 3 rings (SSSR count). The number of hydrogen-bond acceptors (Lipinski definition) is 6. The lowest BCUT2D eigenvalue weighted by molar-refractivity contribution is -0.121. The maximum absolute atomic E-state index is 12.5. The maximum Gasteiger partial charge on any atom is 0.220 e. The van der Waals surface area contributed by atoms with Gasteiger partial charge in [-0.1, -0.05) is 6.07 Å². The largest absolute Gasteiger partial charge is 0.493 e. The number of nitrogens with one attached hydrogen (secondary N) is 1. The molecule has 7 heteroatoms. The van der Waals surface area contributed by atoms with Crippen LogP contribution in [0.5, 0.6) is 17.2 Å². The van der Waals surface area contributed by atoms with Gasteiger partial charge in [0.2, 0.25) is 11.7 Å². The minimum atomic E-state index is -0.00259. The van der Waals surface area contributed by atoms with Crippen molar-refractivity contribution in [2.45, 2.75) is 38.6 Å². The number of nitrogens with zero attached hydrogens (tertiary/aromatic N) is 2. The number of rotatable bonds is 9. The molecule has 2 aromatic rings. The van der Waals surface area contributed by atoms with Crippen molar-refractivity contribution >= 4 is 11.7 Å². The Morgan fingerprint density at radius 3 is 2.40 bits per heavy atom. The van der Waals surface area contributed by atoms with E-state index >= 15 is 0 Å². The van der Waals surface area contributed by atoms with Gasteiger partial charge in [0.15, 0.2) is 11.5 Å². The molecule has 0 aliphatic carbocycles. The van der Waals surface area contributed by atoms with Gasteiger partial charge < -0.3 is 24.4 Å². The summed E-state index contributed by atoms with van der Waals surface area (Å²) in [7, 11) is 4.74. The van der Waals surface area contributed by atoms with Gasteiger partial charge >= 0.3 is 0 Å². The number of anilines is 1. The zero-order valence-electron chi connectivity index (χ0n) is 18.1. The average molecular weight is 414 g/mol. The molecule has 0 bridgehead atoms. The first kappa shape index (κ1) is 21.7. The number of piperidine rings is 1. The van der Waals surface area contributed by atoms with Gasteiger partial charge in [0, 0.05) is 37.8 Å². The number of pyridine rings is 1. The number of aryl methyl sites for hydroxylation is 1. The molecule has 1 aliphatic rings. The van der Waals surface area contributed by atoms with E-state index in [1.54, 1.807) is 21.3 Å². The van der Waals surface area contributed by atoms with Crippen molar-refractivity contribution in [2.75, 3.05) is 39.3 Å². The monoisotopic (exact) mass is 413 g/mol. The fourth-order valence-electron chi connectivity index (χ4n) is 3.78. The summed E-state index contributed by atoms with van der Waals surface area (Å²) in [6, 6.07) is 7.72. The number of hydrogen-bond donors (Lipinski definition) is 1. The molecular weight excluding hydrogens is 382 g/mol. The summed E-state index contributed by atoms with van der Waals surface area (Å²) >= 11 is 0. The first-order chi connectivity index (χ1) is 14.7. The number of aromatic nitrogens is 1. The Bertz CT molecular complexity index is 825. The summed E-state index contributed by atoms with van der Waals surface area (Å²) in [5, 5.41) is 3.04. The predicted octanol–water partition coefficient (Wildman–Crippen LogP) is 3.35. The second-order valence-corrected chi connectivity index (χ2v) is 7.34. The van der Waals surface area contributed by atoms with Crippen LogP contribution in [0.4, 0.5) is 5.82 Å². The van der Waals surface area contributed by atoms with Crippen molar-refractivity contribution in [3.05, 3.63) is 41.6 Å². The smallest absolute Gasteiger partial charge is 0.220 e. The summed E-state index contributed by atoms with van der Waals surface area (Å²) in [5.74, 6) is 2.72. The van der Waals surface area contributed by atoms with E-state index in [0.717, 1.165) is 30.0 Å². The van der Waals surface area contributed by atoms with Gasteiger partial charge in [-0.25, -0.2) is 4.98 Å². The quantitative estimate of drug-likeness (QED) is 0.680. The Kier molecular flexibility index (Phi) is 7.76.